The fraction of sp³-hybridized carbons (Fsp3) is 0.238. The first-order valence-electron chi connectivity index (χ1n) is 9.79. The van der Waals surface area contributed by atoms with E-state index in [1.165, 1.54) is 4.90 Å². The number of hydrogen-bond donors (Lipinski definition) is 2. The summed E-state index contributed by atoms with van der Waals surface area (Å²) in [6, 6.07) is 12.1. The Morgan fingerprint density at radius 1 is 1.19 bits per heavy atom. The smallest absolute Gasteiger partial charge is 0.247 e. The van der Waals surface area contributed by atoms with Gasteiger partial charge in [0, 0.05) is 25.9 Å². The number of aliphatic hydroxyl groups is 1. The van der Waals surface area contributed by atoms with Crippen LogP contribution < -0.4 is 15.0 Å². The third-order valence-electron chi connectivity index (χ3n) is 5.24. The van der Waals surface area contributed by atoms with Gasteiger partial charge in [-0.1, -0.05) is 18.2 Å². The predicted molar refractivity (Wildman–Crippen MR) is 112 cm³/mol. The maximum atomic E-state index is 12.9. The van der Waals surface area contributed by atoms with Crippen LogP contribution in [0.2, 0.25) is 0 Å². The van der Waals surface area contributed by atoms with Crippen molar-refractivity contribution < 1.29 is 14.6 Å². The Balaban J connectivity index is 1.41. The number of para-hydroxylation sites is 2. The second-order valence-electron chi connectivity index (χ2n) is 7.35. The highest BCUT2D eigenvalue weighted by molar-refractivity contribution is 5.98. The molecule has 10 heteroatoms. The van der Waals surface area contributed by atoms with Gasteiger partial charge < -0.3 is 14.7 Å². The number of pyridine rings is 1. The monoisotopic (exact) mass is 419 g/mol. The van der Waals surface area contributed by atoms with Crippen LogP contribution in [0.5, 0.6) is 5.75 Å². The summed E-state index contributed by atoms with van der Waals surface area (Å²) in [5.41, 5.74) is 2.92. The summed E-state index contributed by atoms with van der Waals surface area (Å²) in [6.45, 7) is 0.0750. The molecule has 5 rings (SSSR count). The van der Waals surface area contributed by atoms with Gasteiger partial charge in [-0.25, -0.2) is 9.50 Å². The maximum absolute atomic E-state index is 12.9. The van der Waals surface area contributed by atoms with E-state index in [0.717, 1.165) is 11.3 Å². The van der Waals surface area contributed by atoms with Crippen LogP contribution in [0.15, 0.2) is 54.9 Å². The molecule has 0 fully saturated rings. The number of amides is 1. The van der Waals surface area contributed by atoms with E-state index < -0.39 is 12.3 Å². The maximum Gasteiger partial charge on any atom is 0.247 e. The molecule has 1 aromatic carbocycles. The second kappa shape index (κ2) is 7.49. The van der Waals surface area contributed by atoms with Crippen molar-refractivity contribution in [2.24, 2.45) is 7.05 Å². The number of aliphatic hydroxyl groups excluding tert-OH is 1. The molecule has 3 aromatic heterocycles. The van der Waals surface area contributed by atoms with E-state index in [0.29, 0.717) is 17.1 Å². The molecular weight excluding hydrogens is 398 g/mol. The number of aryl methyl sites for hydroxylation is 1. The molecule has 4 heterocycles. The number of nitrogens with zero attached hydrogens (tertiary/aromatic N) is 6. The first kappa shape index (κ1) is 19.2. The van der Waals surface area contributed by atoms with Crippen molar-refractivity contribution in [2.45, 2.75) is 12.3 Å². The summed E-state index contributed by atoms with van der Waals surface area (Å²) in [4.78, 5) is 18.8. The van der Waals surface area contributed by atoms with Gasteiger partial charge in [0.1, 0.15) is 18.4 Å². The molecule has 0 bridgehead atoms. The molecule has 1 aliphatic rings. The van der Waals surface area contributed by atoms with Gasteiger partial charge in [-0.3, -0.25) is 14.8 Å². The number of benzene rings is 1. The lowest BCUT2D eigenvalue weighted by Gasteiger charge is -2.21. The van der Waals surface area contributed by atoms with Gasteiger partial charge in [0.25, 0.3) is 0 Å². The Labute approximate surface area is 177 Å². The van der Waals surface area contributed by atoms with Crippen molar-refractivity contribution in [3.63, 3.8) is 0 Å². The molecule has 0 saturated heterocycles. The molecule has 10 nitrogen and oxygen atoms in total. The molecule has 2 atom stereocenters. The van der Waals surface area contributed by atoms with E-state index in [1.807, 2.05) is 49.6 Å². The van der Waals surface area contributed by atoms with Crippen LogP contribution >= 0.6 is 0 Å². The average molecular weight is 419 g/mol. The lowest BCUT2D eigenvalue weighted by molar-refractivity contribution is -0.121. The van der Waals surface area contributed by atoms with E-state index >= 15 is 0 Å². The summed E-state index contributed by atoms with van der Waals surface area (Å²) < 4.78 is 9.13. The zero-order valence-electron chi connectivity index (χ0n) is 17.0. The predicted octanol–water partition coefficient (Wildman–Crippen LogP) is 1.13. The largest absolute Gasteiger partial charge is 0.489 e. The topological polar surface area (TPSA) is 110 Å². The van der Waals surface area contributed by atoms with E-state index in [1.54, 1.807) is 28.5 Å². The standard InChI is InChI=1S/C21H21N7O3/c1-26-11-13(10-22-26)15-7-5-9-18-24-19(25-28(15)18)20(29)23-14-12-31-17-8-4-3-6-16(17)27(2)21(14)30/h3-11,14,20,23,29H,12H2,1-2H3/t14-,20?/m0/s1. The van der Waals surface area contributed by atoms with Crippen molar-refractivity contribution in [3.05, 3.63) is 60.7 Å². The number of rotatable bonds is 4. The van der Waals surface area contributed by atoms with E-state index in [4.69, 9.17) is 4.74 Å². The Bertz CT molecular complexity index is 1260. The van der Waals surface area contributed by atoms with Gasteiger partial charge in [-0.2, -0.15) is 5.10 Å². The Morgan fingerprint density at radius 3 is 2.84 bits per heavy atom. The van der Waals surface area contributed by atoms with Crippen molar-refractivity contribution in [1.82, 2.24) is 29.7 Å². The lowest BCUT2D eigenvalue weighted by Crippen LogP contribution is -2.48. The van der Waals surface area contributed by atoms with Gasteiger partial charge in [0.15, 0.2) is 17.7 Å². The van der Waals surface area contributed by atoms with E-state index in [-0.39, 0.29) is 18.3 Å². The van der Waals surface area contributed by atoms with Crippen molar-refractivity contribution in [2.75, 3.05) is 18.6 Å². The SMILES string of the molecule is CN1C(=O)[C@@H](NC(O)c2nc3cccc(-c4cnn(C)c4)n3n2)COc2ccccc21. The minimum atomic E-state index is -1.26. The number of aromatic nitrogens is 5. The number of carbonyl (C=O) groups is 1. The van der Waals surface area contributed by atoms with Gasteiger partial charge in [0.2, 0.25) is 5.91 Å². The minimum absolute atomic E-state index is 0.0750. The van der Waals surface area contributed by atoms with Crippen LogP contribution in [0.1, 0.15) is 12.1 Å². The molecule has 1 unspecified atom stereocenters. The highest BCUT2D eigenvalue weighted by Crippen LogP contribution is 2.30. The summed E-state index contributed by atoms with van der Waals surface area (Å²) in [5.74, 6) is 0.557. The van der Waals surface area contributed by atoms with Crippen LogP contribution in [0, 0.1) is 0 Å². The summed E-state index contributed by atoms with van der Waals surface area (Å²) in [6.07, 6.45) is 2.36. The third kappa shape index (κ3) is 3.41. The van der Waals surface area contributed by atoms with Gasteiger partial charge in [-0.15, -0.1) is 5.10 Å². The molecule has 2 N–H and O–H groups in total. The highest BCUT2D eigenvalue weighted by atomic mass is 16.5. The van der Waals surface area contributed by atoms with Crippen LogP contribution in [0.3, 0.4) is 0 Å². The summed E-state index contributed by atoms with van der Waals surface area (Å²) in [7, 11) is 3.52. The van der Waals surface area contributed by atoms with Crippen LogP contribution in [-0.2, 0) is 11.8 Å². The zero-order valence-corrected chi connectivity index (χ0v) is 17.0. The zero-order chi connectivity index (χ0) is 21.5. The molecular formula is C21H21N7O3. The van der Waals surface area contributed by atoms with E-state index in [9.17, 15) is 9.90 Å². The van der Waals surface area contributed by atoms with Crippen LogP contribution in [0.25, 0.3) is 16.9 Å². The lowest BCUT2D eigenvalue weighted by atomic mass is 10.2. The molecule has 1 amide bonds. The first-order chi connectivity index (χ1) is 15.0. The quantitative estimate of drug-likeness (QED) is 0.477. The third-order valence-corrected chi connectivity index (χ3v) is 5.24. The molecule has 31 heavy (non-hydrogen) atoms. The molecule has 0 aliphatic carbocycles. The summed E-state index contributed by atoms with van der Waals surface area (Å²) >= 11 is 0. The number of ether oxygens (including phenoxy) is 1. The fourth-order valence-electron chi connectivity index (χ4n) is 3.65. The molecule has 158 valence electrons. The highest BCUT2D eigenvalue weighted by Gasteiger charge is 2.31. The molecule has 0 saturated carbocycles. The number of fused-ring (bicyclic) bond motifs is 2. The minimum Gasteiger partial charge on any atom is -0.489 e. The Hall–Kier alpha value is -3.76. The Morgan fingerprint density at radius 2 is 2.03 bits per heavy atom. The number of carbonyl (C=O) groups excluding carboxylic acids is 1. The molecule has 1 aliphatic heterocycles. The van der Waals surface area contributed by atoms with E-state index in [2.05, 4.69) is 20.5 Å². The summed E-state index contributed by atoms with van der Waals surface area (Å²) in [5, 5.41) is 22.3. The molecule has 4 aromatic rings. The second-order valence-corrected chi connectivity index (χ2v) is 7.35. The fourth-order valence-corrected chi connectivity index (χ4v) is 3.65. The van der Waals surface area contributed by atoms with Crippen LogP contribution in [-0.4, -0.2) is 55.1 Å². The number of nitrogens with one attached hydrogen (secondary N) is 1. The van der Waals surface area contributed by atoms with Crippen molar-refractivity contribution in [3.8, 4) is 17.0 Å². The van der Waals surface area contributed by atoms with Crippen LogP contribution in [0.4, 0.5) is 5.69 Å². The Kier molecular flexibility index (Phi) is 4.64. The number of anilines is 1. The number of likely N-dealkylation sites (N-methyl/N-ethyl adjacent to an activating group) is 1. The van der Waals surface area contributed by atoms with Gasteiger partial charge in [-0.05, 0) is 24.3 Å². The van der Waals surface area contributed by atoms with Crippen molar-refractivity contribution >= 4 is 17.2 Å². The molecule has 0 spiro atoms. The average Bonchev–Trinajstić information content (AvgIpc) is 3.39. The van der Waals surface area contributed by atoms with Gasteiger partial charge >= 0.3 is 0 Å². The first-order valence-corrected chi connectivity index (χ1v) is 9.79. The van der Waals surface area contributed by atoms with Gasteiger partial charge in [0.05, 0.1) is 17.6 Å². The van der Waals surface area contributed by atoms with Crippen molar-refractivity contribution in [1.29, 1.82) is 0 Å². The normalized spacial score (nSPS) is 17.3. The number of hydrogen-bond acceptors (Lipinski definition) is 7. The molecule has 0 radical (unpaired) electrons.